The Balaban J connectivity index is 1.79. The van der Waals surface area contributed by atoms with Gasteiger partial charge >= 0.3 is 17.9 Å². The molecule has 0 radical (unpaired) electrons. The fourth-order valence-corrected chi connectivity index (χ4v) is 10.6. The van der Waals surface area contributed by atoms with Crippen LogP contribution in [0.5, 0.6) is 0 Å². The van der Waals surface area contributed by atoms with Crippen molar-refractivity contribution in [3.63, 3.8) is 0 Å². The highest BCUT2D eigenvalue weighted by Crippen LogP contribution is 2.24. The number of carboxylic acids is 3. The number of guanidine groups is 1. The first-order valence-corrected chi connectivity index (χ1v) is 30.7. The molecule has 3 saturated heterocycles. The molecule has 3 aliphatic rings. The van der Waals surface area contributed by atoms with Gasteiger partial charge in [0.1, 0.15) is 66.5 Å². The minimum absolute atomic E-state index is 0.0214. The summed E-state index contributed by atoms with van der Waals surface area (Å²) >= 11 is 0. The topological polar surface area (TPSA) is 531 Å². The lowest BCUT2D eigenvalue weighted by atomic mass is 9.98. The second-order valence-corrected chi connectivity index (χ2v) is 24.2. The van der Waals surface area contributed by atoms with Crippen LogP contribution in [0, 0.1) is 23.2 Å². The van der Waals surface area contributed by atoms with Crippen LogP contribution in [0.25, 0.3) is 0 Å². The summed E-state index contributed by atoms with van der Waals surface area (Å²) in [6.07, 6.45) is -0.735. The summed E-state index contributed by atoms with van der Waals surface area (Å²) in [5.74, 6) is -16.2. The van der Waals surface area contributed by atoms with Crippen LogP contribution >= 0.6 is 0 Å². The van der Waals surface area contributed by atoms with Gasteiger partial charge in [0.15, 0.2) is 5.96 Å². The fourth-order valence-electron chi connectivity index (χ4n) is 10.6. The Morgan fingerprint density at radius 1 is 0.505 bits per heavy atom. The number of hydrogen-bond acceptors (Lipinski definition) is 17. The van der Waals surface area contributed by atoms with E-state index in [1.165, 1.54) is 23.6 Å². The molecule has 3 aliphatic heterocycles. The minimum atomic E-state index is -1.94. The first-order chi connectivity index (χ1) is 42.6. The Hall–Kier alpha value is -8.72. The highest BCUT2D eigenvalue weighted by molar-refractivity contribution is 6.00. The molecule has 19 N–H and O–H groups in total. The number of nitrogens with zero attached hydrogens (tertiary/aromatic N) is 2. The number of aliphatic carboxylic acids is 3. The minimum Gasteiger partial charge on any atom is -0.481 e. The highest BCUT2D eigenvalue weighted by atomic mass is 16.4. The van der Waals surface area contributed by atoms with Crippen molar-refractivity contribution in [3.8, 4) is 0 Å². The van der Waals surface area contributed by atoms with E-state index in [2.05, 4.69) is 53.2 Å². The van der Waals surface area contributed by atoms with Crippen molar-refractivity contribution in [1.29, 1.82) is 5.41 Å². The average molecular weight is 1290 g/mol. The van der Waals surface area contributed by atoms with Crippen LogP contribution in [0.4, 0.5) is 0 Å². The lowest BCUT2D eigenvalue weighted by molar-refractivity contribution is -0.147. The van der Waals surface area contributed by atoms with E-state index in [9.17, 15) is 87.2 Å². The van der Waals surface area contributed by atoms with E-state index >= 15 is 0 Å². The van der Waals surface area contributed by atoms with Crippen molar-refractivity contribution in [2.45, 2.75) is 218 Å². The molecule has 91 heavy (non-hydrogen) atoms. The van der Waals surface area contributed by atoms with Crippen molar-refractivity contribution < 1.29 is 87.2 Å². The zero-order valence-electron chi connectivity index (χ0n) is 52.9. The molecule has 0 saturated carbocycles. The molecule has 0 aromatic heterocycles. The zero-order chi connectivity index (χ0) is 68.6. The predicted molar refractivity (Wildman–Crippen MR) is 323 cm³/mol. The smallest absolute Gasteiger partial charge is 0.326 e. The maximum Gasteiger partial charge on any atom is 0.326 e. The Labute approximate surface area is 527 Å². The van der Waals surface area contributed by atoms with Gasteiger partial charge in [-0.15, -0.1) is 0 Å². The summed E-state index contributed by atoms with van der Waals surface area (Å²) in [6, 6.07) is -15.6. The molecule has 3 rings (SSSR count). The average Bonchev–Trinajstić information content (AvgIpc) is 1.90. The number of primary amides is 1. The summed E-state index contributed by atoms with van der Waals surface area (Å²) in [5.41, 5.74) is 10.7. The first kappa shape index (κ1) is 76.5. The Morgan fingerprint density at radius 2 is 1.01 bits per heavy atom. The molecule has 34 heteroatoms. The SMILES string of the molecule is CC(C)C[C@H](NC(=O)[C@@H]1CCCN1C(=O)[C@@H](NC(=O)[C@@H]1CCCN1C(=O)[C@H](CCC(=O)O)NC(=O)[C@H](C)NC(=O)[C@H](C)NC(=O)[C@@H]1CCCN1)C(C)C)C(=O)N[C@H](C(=O)N[C@@H](CCCNC(=N)N)C(=O)N[C@@H](CCC(N)=O)C(=O)N[C@@H](CC(=O)O)C(=O)O)C(C)C. The van der Waals surface area contributed by atoms with Crippen molar-refractivity contribution in [2.24, 2.45) is 29.2 Å². The normalized spacial score (nSPS) is 19.2. The van der Waals surface area contributed by atoms with Gasteiger partial charge in [0.25, 0.3) is 0 Å². The molecule has 3 fully saturated rings. The van der Waals surface area contributed by atoms with E-state index in [-0.39, 0.29) is 70.0 Å². The Morgan fingerprint density at radius 3 is 1.53 bits per heavy atom. The predicted octanol–water partition coefficient (Wildman–Crippen LogP) is -4.57. The molecule has 0 aromatic carbocycles. The van der Waals surface area contributed by atoms with Crippen LogP contribution in [-0.4, -0.2) is 219 Å². The number of nitrogens with one attached hydrogen (secondary N) is 12. The van der Waals surface area contributed by atoms with Gasteiger partial charge in [0, 0.05) is 32.5 Å². The molecule has 510 valence electrons. The summed E-state index contributed by atoms with van der Waals surface area (Å²) in [5, 5.41) is 64.1. The monoisotopic (exact) mass is 1290 g/mol. The number of nitrogens with two attached hydrogens (primary N) is 2. The number of rotatable bonds is 37. The number of carbonyl (C=O) groups is 15. The van der Waals surface area contributed by atoms with Gasteiger partial charge in [-0.3, -0.25) is 72.5 Å². The summed E-state index contributed by atoms with van der Waals surface area (Å²) < 4.78 is 0. The summed E-state index contributed by atoms with van der Waals surface area (Å²) in [4.78, 5) is 201. The first-order valence-electron chi connectivity index (χ1n) is 30.7. The van der Waals surface area contributed by atoms with Gasteiger partial charge < -0.3 is 95.1 Å². The number of hydrogen-bond donors (Lipinski definition) is 17. The molecule has 12 amide bonds. The van der Waals surface area contributed by atoms with Crippen LogP contribution < -0.4 is 70.0 Å². The van der Waals surface area contributed by atoms with Gasteiger partial charge in [-0.2, -0.15) is 0 Å². The van der Waals surface area contributed by atoms with E-state index in [0.717, 1.165) is 6.42 Å². The van der Waals surface area contributed by atoms with Gasteiger partial charge in [-0.05, 0) is 109 Å². The van der Waals surface area contributed by atoms with E-state index in [1.807, 2.05) is 5.32 Å². The Kier molecular flexibility index (Phi) is 31.0. The lowest BCUT2D eigenvalue weighted by Gasteiger charge is -2.33. The van der Waals surface area contributed by atoms with Gasteiger partial charge in [-0.1, -0.05) is 41.5 Å². The number of carbonyl (C=O) groups excluding carboxylic acids is 12. The Bertz CT molecular complexity index is 2670. The molecule has 0 bridgehead atoms. The van der Waals surface area contributed by atoms with Crippen molar-refractivity contribution in [2.75, 3.05) is 26.2 Å². The van der Waals surface area contributed by atoms with Crippen molar-refractivity contribution in [1.82, 2.24) is 68.3 Å². The number of amides is 12. The highest BCUT2D eigenvalue weighted by Gasteiger charge is 2.44. The fraction of sp³-hybridized carbons (Fsp3) is 0.719. The van der Waals surface area contributed by atoms with Crippen molar-refractivity contribution in [3.05, 3.63) is 0 Å². The second-order valence-electron chi connectivity index (χ2n) is 24.2. The zero-order valence-corrected chi connectivity index (χ0v) is 52.9. The maximum absolute atomic E-state index is 14.6. The molecule has 3 heterocycles. The van der Waals surface area contributed by atoms with Crippen LogP contribution in [0.15, 0.2) is 0 Å². The van der Waals surface area contributed by atoms with Crippen LogP contribution in [0.2, 0.25) is 0 Å². The molecular formula is C57H94N16O18. The second kappa shape index (κ2) is 36.8. The van der Waals surface area contributed by atoms with E-state index < -0.39 is 199 Å². The molecule has 0 spiro atoms. The molecule has 12 atom stereocenters. The largest absolute Gasteiger partial charge is 0.481 e. The molecule has 34 nitrogen and oxygen atoms in total. The van der Waals surface area contributed by atoms with Crippen LogP contribution in [-0.2, 0) is 71.9 Å². The van der Waals surface area contributed by atoms with Crippen LogP contribution in [0.3, 0.4) is 0 Å². The lowest BCUT2D eigenvalue weighted by Crippen LogP contribution is -2.61. The van der Waals surface area contributed by atoms with Crippen LogP contribution in [0.1, 0.15) is 145 Å². The molecule has 0 unspecified atom stereocenters. The maximum atomic E-state index is 14.6. The number of likely N-dealkylation sites (tertiary alicyclic amines) is 2. The molecule has 0 aliphatic carbocycles. The van der Waals surface area contributed by atoms with E-state index in [4.69, 9.17) is 16.9 Å². The van der Waals surface area contributed by atoms with E-state index in [1.54, 1.807) is 41.5 Å². The third-order valence-corrected chi connectivity index (χ3v) is 15.6. The van der Waals surface area contributed by atoms with Gasteiger partial charge in [0.2, 0.25) is 70.9 Å². The quantitative estimate of drug-likeness (QED) is 0.0158. The molecule has 0 aromatic rings. The third kappa shape index (κ3) is 24.9. The summed E-state index contributed by atoms with van der Waals surface area (Å²) in [6.45, 7) is 13.5. The standard InChI is InChI=1S/C57H94N16O18/c1-27(2)25-36(50(84)70-43(28(3)4)53(87)66-33(14-10-22-62-57(59)60)48(82)65-34(17-19-40(58)74)49(83)69-37(56(90)91)26-42(77)78)68-51(85)38-15-12-24-73(38)55(89)44(29(5)6)71-52(86)39-16-11-23-72(39)54(88)35(18-20-41(75)76)67-46(80)31(8)63-45(79)30(7)64-47(81)32-13-9-21-61-32/h27-39,43-44,61H,9-26H2,1-8H3,(H2,58,74)(H,63,79)(H,64,81)(H,65,82)(H,66,87)(H,67,80)(H,68,85)(H,69,83)(H,70,84)(H,71,86)(H,75,76)(H,77,78)(H,90,91)(H4,59,60,62)/t30-,31-,32-,33-,34-,35-,36-,37-,38-,39-,43-,44-/m0/s1. The van der Waals surface area contributed by atoms with Gasteiger partial charge in [-0.25, -0.2) is 4.79 Å². The summed E-state index contributed by atoms with van der Waals surface area (Å²) in [7, 11) is 0. The van der Waals surface area contributed by atoms with Crippen molar-refractivity contribution >= 4 is 94.8 Å². The molecular weight excluding hydrogens is 1200 g/mol. The van der Waals surface area contributed by atoms with Gasteiger partial charge in [0.05, 0.1) is 12.5 Å². The number of carboxylic acid groups (broad SMARTS) is 3. The third-order valence-electron chi connectivity index (χ3n) is 15.6. The van der Waals surface area contributed by atoms with E-state index in [0.29, 0.717) is 25.8 Å².